The van der Waals surface area contributed by atoms with Crippen molar-refractivity contribution < 1.29 is 0 Å². The van der Waals surface area contributed by atoms with Gasteiger partial charge >= 0.3 is 0 Å². The minimum Gasteiger partial charge on any atom is -0.306 e. The van der Waals surface area contributed by atoms with Crippen molar-refractivity contribution in [3.05, 3.63) is 35.9 Å². The molecular formula is C16H25NS. The third-order valence-electron chi connectivity index (χ3n) is 3.76. The Balaban J connectivity index is 2.16. The third kappa shape index (κ3) is 3.30. The highest BCUT2D eigenvalue weighted by Gasteiger charge is 2.32. The van der Waals surface area contributed by atoms with E-state index in [0.717, 1.165) is 5.25 Å². The van der Waals surface area contributed by atoms with Crippen LogP contribution < -0.4 is 5.32 Å². The molecule has 18 heavy (non-hydrogen) atoms. The van der Waals surface area contributed by atoms with Crippen molar-refractivity contribution in [3.63, 3.8) is 0 Å². The second-order valence-corrected chi connectivity index (χ2v) is 7.83. The Hall–Kier alpha value is -0.470. The van der Waals surface area contributed by atoms with Gasteiger partial charge in [0.15, 0.2) is 0 Å². The van der Waals surface area contributed by atoms with Crippen molar-refractivity contribution in [2.75, 3.05) is 5.75 Å². The summed E-state index contributed by atoms with van der Waals surface area (Å²) in [6.45, 7) is 9.32. The zero-order valence-corrected chi connectivity index (χ0v) is 12.8. The molecule has 1 N–H and O–H groups in total. The van der Waals surface area contributed by atoms with Gasteiger partial charge in [-0.2, -0.15) is 11.8 Å². The maximum absolute atomic E-state index is 3.90. The summed E-state index contributed by atoms with van der Waals surface area (Å²) in [6.07, 6.45) is 1.30. The topological polar surface area (TPSA) is 12.0 Å². The van der Waals surface area contributed by atoms with Crippen molar-refractivity contribution >= 4 is 11.8 Å². The Morgan fingerprint density at radius 3 is 2.39 bits per heavy atom. The minimum absolute atomic E-state index is 0.244. The van der Waals surface area contributed by atoms with Crippen molar-refractivity contribution in [3.8, 4) is 0 Å². The molecule has 0 radical (unpaired) electrons. The highest BCUT2D eigenvalue weighted by atomic mass is 32.2. The van der Waals surface area contributed by atoms with Gasteiger partial charge in [0.25, 0.3) is 0 Å². The minimum atomic E-state index is 0.244. The number of nitrogens with one attached hydrogen (secondary N) is 1. The summed E-state index contributed by atoms with van der Waals surface area (Å²) in [5.41, 5.74) is 1.66. The number of rotatable bonds is 3. The van der Waals surface area contributed by atoms with E-state index in [1.165, 1.54) is 17.7 Å². The quantitative estimate of drug-likeness (QED) is 0.874. The zero-order valence-electron chi connectivity index (χ0n) is 11.9. The van der Waals surface area contributed by atoms with Crippen LogP contribution in [0.15, 0.2) is 30.3 Å². The van der Waals surface area contributed by atoms with Crippen LogP contribution in [0.5, 0.6) is 0 Å². The second kappa shape index (κ2) is 5.66. The average molecular weight is 263 g/mol. The van der Waals surface area contributed by atoms with E-state index in [-0.39, 0.29) is 5.41 Å². The molecule has 0 saturated carbocycles. The first-order valence-corrected chi connectivity index (χ1v) is 7.96. The largest absolute Gasteiger partial charge is 0.306 e. The molecule has 2 rings (SSSR count). The van der Waals surface area contributed by atoms with Crippen LogP contribution in [0, 0.1) is 5.41 Å². The molecule has 1 saturated heterocycles. The molecule has 1 aliphatic rings. The molecule has 1 aliphatic heterocycles. The van der Waals surface area contributed by atoms with Gasteiger partial charge in [-0.05, 0) is 23.2 Å². The van der Waals surface area contributed by atoms with Gasteiger partial charge in [-0.3, -0.25) is 0 Å². The average Bonchev–Trinajstić information content (AvgIpc) is 2.71. The molecule has 1 aromatic carbocycles. The van der Waals surface area contributed by atoms with E-state index in [1.807, 2.05) is 0 Å². The number of benzene rings is 1. The Labute approximate surface area is 116 Å². The lowest BCUT2D eigenvalue weighted by Crippen LogP contribution is -2.41. The van der Waals surface area contributed by atoms with Crippen LogP contribution >= 0.6 is 11.8 Å². The van der Waals surface area contributed by atoms with Crippen LogP contribution in [0.1, 0.15) is 45.7 Å². The molecule has 0 aliphatic carbocycles. The summed E-state index contributed by atoms with van der Waals surface area (Å²) in [5, 5.41) is 4.64. The van der Waals surface area contributed by atoms with E-state index >= 15 is 0 Å². The van der Waals surface area contributed by atoms with Gasteiger partial charge in [0.2, 0.25) is 0 Å². The SMILES string of the molecule is CC1SCCC1NC(c1ccccc1)C(C)(C)C. The highest BCUT2D eigenvalue weighted by Crippen LogP contribution is 2.36. The van der Waals surface area contributed by atoms with E-state index in [2.05, 4.69) is 75.1 Å². The first kappa shape index (κ1) is 14.0. The maximum Gasteiger partial charge on any atom is 0.0371 e. The number of hydrogen-bond donors (Lipinski definition) is 1. The molecule has 1 aromatic rings. The lowest BCUT2D eigenvalue weighted by atomic mass is 9.81. The maximum atomic E-state index is 3.90. The van der Waals surface area contributed by atoms with Gasteiger partial charge in [0.1, 0.15) is 0 Å². The standard InChI is InChI=1S/C16H25NS/c1-12-14(10-11-18-12)17-15(16(2,3)4)13-8-6-5-7-9-13/h5-9,12,14-15,17H,10-11H2,1-4H3. The fraction of sp³-hybridized carbons (Fsp3) is 0.625. The second-order valence-electron chi connectivity index (χ2n) is 6.35. The first-order chi connectivity index (χ1) is 8.48. The highest BCUT2D eigenvalue weighted by molar-refractivity contribution is 8.00. The van der Waals surface area contributed by atoms with Crippen molar-refractivity contribution in [2.24, 2.45) is 5.41 Å². The smallest absolute Gasteiger partial charge is 0.0371 e. The van der Waals surface area contributed by atoms with E-state index in [9.17, 15) is 0 Å². The van der Waals surface area contributed by atoms with Gasteiger partial charge in [0, 0.05) is 17.3 Å². The fourth-order valence-electron chi connectivity index (χ4n) is 2.66. The Kier molecular flexibility index (Phi) is 4.39. The van der Waals surface area contributed by atoms with Crippen LogP contribution in [0.4, 0.5) is 0 Å². The molecule has 100 valence electrons. The summed E-state index contributed by atoms with van der Waals surface area (Å²) in [4.78, 5) is 0. The molecule has 1 nitrogen and oxygen atoms in total. The summed E-state index contributed by atoms with van der Waals surface area (Å²) in [6, 6.07) is 12.0. The van der Waals surface area contributed by atoms with Crippen LogP contribution in [-0.2, 0) is 0 Å². The molecule has 0 amide bonds. The van der Waals surface area contributed by atoms with Crippen molar-refractivity contribution in [1.29, 1.82) is 0 Å². The molecule has 2 heteroatoms. The van der Waals surface area contributed by atoms with E-state index in [1.54, 1.807) is 0 Å². The van der Waals surface area contributed by atoms with Gasteiger partial charge in [-0.1, -0.05) is 58.0 Å². The predicted octanol–water partition coefficient (Wildman–Crippen LogP) is 4.26. The molecule has 1 heterocycles. The zero-order chi connectivity index (χ0) is 13.2. The van der Waals surface area contributed by atoms with Crippen molar-refractivity contribution in [1.82, 2.24) is 5.32 Å². The summed E-state index contributed by atoms with van der Waals surface area (Å²) in [5.74, 6) is 1.30. The lowest BCUT2D eigenvalue weighted by Gasteiger charge is -2.35. The summed E-state index contributed by atoms with van der Waals surface area (Å²) < 4.78 is 0. The molecule has 3 atom stereocenters. The number of hydrogen-bond acceptors (Lipinski definition) is 2. The molecule has 3 unspecified atom stereocenters. The van der Waals surface area contributed by atoms with Crippen LogP contribution in [-0.4, -0.2) is 17.0 Å². The van der Waals surface area contributed by atoms with Gasteiger partial charge in [-0.15, -0.1) is 0 Å². The molecule has 1 fully saturated rings. The molecule has 0 spiro atoms. The Morgan fingerprint density at radius 2 is 1.89 bits per heavy atom. The van der Waals surface area contributed by atoms with E-state index < -0.39 is 0 Å². The van der Waals surface area contributed by atoms with Gasteiger partial charge in [0.05, 0.1) is 0 Å². The Bertz CT molecular complexity index is 368. The van der Waals surface area contributed by atoms with Crippen LogP contribution in [0.25, 0.3) is 0 Å². The van der Waals surface area contributed by atoms with Crippen LogP contribution in [0.2, 0.25) is 0 Å². The van der Waals surface area contributed by atoms with Crippen molar-refractivity contribution in [2.45, 2.75) is 51.4 Å². The molecule has 0 bridgehead atoms. The van der Waals surface area contributed by atoms with E-state index in [4.69, 9.17) is 0 Å². The van der Waals surface area contributed by atoms with Crippen LogP contribution in [0.3, 0.4) is 0 Å². The molecule has 0 aromatic heterocycles. The normalized spacial score (nSPS) is 26.2. The third-order valence-corrected chi connectivity index (χ3v) is 5.08. The lowest BCUT2D eigenvalue weighted by molar-refractivity contribution is 0.248. The number of thioether (sulfide) groups is 1. The predicted molar refractivity (Wildman–Crippen MR) is 82.1 cm³/mol. The van der Waals surface area contributed by atoms with E-state index in [0.29, 0.717) is 12.1 Å². The molecular weight excluding hydrogens is 238 g/mol. The summed E-state index contributed by atoms with van der Waals surface area (Å²) >= 11 is 2.09. The Morgan fingerprint density at radius 1 is 1.22 bits per heavy atom. The van der Waals surface area contributed by atoms with Gasteiger partial charge in [-0.25, -0.2) is 0 Å². The monoisotopic (exact) mass is 263 g/mol. The fourth-order valence-corrected chi connectivity index (χ4v) is 3.87. The summed E-state index contributed by atoms with van der Waals surface area (Å²) in [7, 11) is 0. The first-order valence-electron chi connectivity index (χ1n) is 6.91. The van der Waals surface area contributed by atoms with Gasteiger partial charge < -0.3 is 5.32 Å².